The molecule has 0 aliphatic carbocycles. The zero-order chi connectivity index (χ0) is 21.0. The Bertz CT molecular complexity index is 901. The molecular weight excluding hydrogens is 370 g/mol. The number of carbonyl (C=O) groups excluding carboxylic acids is 2. The van der Waals surface area contributed by atoms with E-state index >= 15 is 0 Å². The first-order valence-electron chi connectivity index (χ1n) is 9.73. The van der Waals surface area contributed by atoms with Crippen molar-refractivity contribution in [1.29, 1.82) is 0 Å². The molecule has 0 saturated carbocycles. The van der Waals surface area contributed by atoms with Gasteiger partial charge in [-0.05, 0) is 94.1 Å². The first-order valence-corrected chi connectivity index (χ1v) is 10.1. The number of benzene rings is 1. The third-order valence-corrected chi connectivity index (χ3v) is 6.16. The molecule has 1 N–H and O–H groups in total. The fourth-order valence-electron chi connectivity index (χ4n) is 4.65. The number of fused-ring (bicyclic) bond motifs is 1. The smallest absolute Gasteiger partial charge is 0.265 e. The molecule has 0 radical (unpaired) electrons. The van der Waals surface area contributed by atoms with E-state index in [1.165, 1.54) is 16.2 Å². The number of anilines is 1. The summed E-state index contributed by atoms with van der Waals surface area (Å²) in [4.78, 5) is 28.7. The normalized spacial score (nSPS) is 23.4. The number of hydrogen-bond donors (Lipinski definition) is 1. The fraction of sp³-hybridized carbons (Fsp3) is 0.500. The van der Waals surface area contributed by atoms with Gasteiger partial charge in [-0.25, -0.2) is 0 Å². The number of likely N-dealkylation sites (N-methyl/N-ethyl adjacent to an activating group) is 1. The fourth-order valence-corrected chi connectivity index (χ4v) is 4.82. The summed E-state index contributed by atoms with van der Waals surface area (Å²) in [6, 6.07) is 4.71. The lowest BCUT2D eigenvalue weighted by atomic mass is 9.78. The van der Waals surface area contributed by atoms with Crippen LogP contribution in [0.1, 0.15) is 63.6 Å². The average molecular weight is 400 g/mol. The second-order valence-corrected chi connectivity index (χ2v) is 9.22. The van der Waals surface area contributed by atoms with Crippen LogP contribution in [0, 0.1) is 6.92 Å². The van der Waals surface area contributed by atoms with Gasteiger partial charge in [-0.1, -0.05) is 6.92 Å². The van der Waals surface area contributed by atoms with Crippen molar-refractivity contribution in [2.45, 2.75) is 65.5 Å². The highest BCUT2D eigenvalue weighted by atomic mass is 32.1. The minimum absolute atomic E-state index is 0.0740. The minimum Gasteiger partial charge on any atom is -0.364 e. The first-order chi connectivity index (χ1) is 12.9. The number of hydrogen-bond acceptors (Lipinski definition) is 4. The number of carbonyl (C=O) groups is 2. The van der Waals surface area contributed by atoms with Gasteiger partial charge in [0.05, 0.1) is 0 Å². The van der Waals surface area contributed by atoms with Crippen LogP contribution in [0.4, 0.5) is 5.69 Å². The molecule has 0 unspecified atom stereocenters. The van der Waals surface area contributed by atoms with Gasteiger partial charge in [-0.3, -0.25) is 19.8 Å². The van der Waals surface area contributed by atoms with Crippen LogP contribution in [0.5, 0.6) is 0 Å². The number of aryl methyl sites for hydroxylation is 1. The van der Waals surface area contributed by atoms with Gasteiger partial charge in [0.25, 0.3) is 11.8 Å². The van der Waals surface area contributed by atoms with Crippen molar-refractivity contribution in [3.05, 3.63) is 34.4 Å². The van der Waals surface area contributed by atoms with E-state index in [1.54, 1.807) is 13.1 Å². The summed E-state index contributed by atoms with van der Waals surface area (Å²) >= 11 is 5.02. The molecule has 150 valence electrons. The molecular formula is C22H29N3O2S. The SMILES string of the molecule is Cc1cc2c(cc1/C=C1\C(=O)NC(=S)N(C)C1=O)[C@H](C)CC(C)(C)N2C(C)C. The molecule has 3 rings (SSSR count). The minimum atomic E-state index is -0.441. The predicted molar refractivity (Wildman–Crippen MR) is 117 cm³/mol. The highest BCUT2D eigenvalue weighted by Gasteiger charge is 2.38. The van der Waals surface area contributed by atoms with Crippen LogP contribution in [-0.2, 0) is 9.59 Å². The van der Waals surface area contributed by atoms with Crippen molar-refractivity contribution >= 4 is 40.9 Å². The molecule has 2 aliphatic rings. The van der Waals surface area contributed by atoms with Gasteiger partial charge in [-0.2, -0.15) is 0 Å². The van der Waals surface area contributed by atoms with Crippen LogP contribution in [0.2, 0.25) is 0 Å². The Morgan fingerprint density at radius 3 is 2.54 bits per heavy atom. The van der Waals surface area contributed by atoms with E-state index in [4.69, 9.17) is 12.2 Å². The van der Waals surface area contributed by atoms with Gasteiger partial charge in [0.15, 0.2) is 5.11 Å². The van der Waals surface area contributed by atoms with Gasteiger partial charge in [0.2, 0.25) is 0 Å². The molecule has 1 saturated heterocycles. The second kappa shape index (κ2) is 6.99. The Morgan fingerprint density at radius 1 is 1.29 bits per heavy atom. The number of nitrogens with zero attached hydrogens (tertiary/aromatic N) is 2. The molecule has 1 fully saturated rings. The van der Waals surface area contributed by atoms with E-state index in [9.17, 15) is 9.59 Å². The largest absolute Gasteiger partial charge is 0.364 e. The molecule has 0 bridgehead atoms. The maximum absolute atomic E-state index is 12.5. The number of thiocarbonyl (C=S) groups is 1. The van der Waals surface area contributed by atoms with Crippen molar-refractivity contribution in [3.63, 3.8) is 0 Å². The van der Waals surface area contributed by atoms with E-state index < -0.39 is 5.91 Å². The summed E-state index contributed by atoms with van der Waals surface area (Å²) in [6.07, 6.45) is 2.74. The maximum atomic E-state index is 12.5. The third-order valence-electron chi connectivity index (χ3n) is 5.78. The van der Waals surface area contributed by atoms with E-state index in [1.807, 2.05) is 6.92 Å². The van der Waals surface area contributed by atoms with E-state index in [0.717, 1.165) is 17.5 Å². The predicted octanol–water partition coefficient (Wildman–Crippen LogP) is 3.75. The standard InChI is InChI=1S/C22H29N3O2S/c1-12(2)25-18-8-13(3)15(9-16(18)14(4)11-22(25,5)6)10-17-19(26)23-21(28)24(7)20(17)27/h8-10,12,14H,11H2,1-7H3,(H,23,26,28)/b17-10+/t14-/m1/s1. The Hall–Kier alpha value is -2.21. The molecule has 0 aromatic heterocycles. The van der Waals surface area contributed by atoms with Gasteiger partial charge in [0, 0.05) is 24.3 Å². The summed E-state index contributed by atoms with van der Waals surface area (Å²) in [6.45, 7) is 13.3. The van der Waals surface area contributed by atoms with Crippen LogP contribution in [-0.4, -0.2) is 40.5 Å². The second-order valence-electron chi connectivity index (χ2n) is 8.83. The Balaban J connectivity index is 2.12. The lowest BCUT2D eigenvalue weighted by Gasteiger charge is -2.50. The molecule has 2 heterocycles. The van der Waals surface area contributed by atoms with Crippen LogP contribution in [0.15, 0.2) is 17.7 Å². The van der Waals surface area contributed by atoms with Gasteiger partial charge < -0.3 is 4.90 Å². The van der Waals surface area contributed by atoms with Crippen molar-refractivity contribution < 1.29 is 9.59 Å². The lowest BCUT2D eigenvalue weighted by Crippen LogP contribution is -2.52. The van der Waals surface area contributed by atoms with Crippen LogP contribution in [0.25, 0.3) is 6.08 Å². The van der Waals surface area contributed by atoms with E-state index in [2.05, 4.69) is 57.0 Å². The average Bonchev–Trinajstić information content (AvgIpc) is 2.56. The van der Waals surface area contributed by atoms with Crippen LogP contribution >= 0.6 is 12.2 Å². The van der Waals surface area contributed by atoms with E-state index in [0.29, 0.717) is 12.0 Å². The van der Waals surface area contributed by atoms with Gasteiger partial charge >= 0.3 is 0 Å². The van der Waals surface area contributed by atoms with Crippen molar-refractivity contribution in [3.8, 4) is 0 Å². The molecule has 5 nitrogen and oxygen atoms in total. The molecule has 1 atom stereocenters. The van der Waals surface area contributed by atoms with Gasteiger partial charge in [-0.15, -0.1) is 0 Å². The Morgan fingerprint density at radius 2 is 1.93 bits per heavy atom. The van der Waals surface area contributed by atoms with Crippen LogP contribution in [0.3, 0.4) is 0 Å². The summed E-state index contributed by atoms with van der Waals surface area (Å²) in [5.41, 5.74) is 4.63. The summed E-state index contributed by atoms with van der Waals surface area (Å²) < 4.78 is 0. The Labute approximate surface area is 172 Å². The number of nitrogens with one attached hydrogen (secondary N) is 1. The Kier molecular flexibility index (Phi) is 5.13. The zero-order valence-electron chi connectivity index (χ0n) is 17.7. The number of rotatable bonds is 2. The van der Waals surface area contributed by atoms with Crippen LogP contribution < -0.4 is 10.2 Å². The maximum Gasteiger partial charge on any atom is 0.265 e. The van der Waals surface area contributed by atoms with Crippen molar-refractivity contribution in [2.75, 3.05) is 11.9 Å². The molecule has 0 spiro atoms. The topological polar surface area (TPSA) is 52.7 Å². The molecule has 6 heteroatoms. The summed E-state index contributed by atoms with van der Waals surface area (Å²) in [5, 5.41) is 2.71. The van der Waals surface area contributed by atoms with Gasteiger partial charge in [0.1, 0.15) is 5.57 Å². The summed E-state index contributed by atoms with van der Waals surface area (Å²) in [5.74, 6) is -0.420. The quantitative estimate of drug-likeness (QED) is 0.467. The highest BCUT2D eigenvalue weighted by molar-refractivity contribution is 7.80. The first kappa shape index (κ1) is 20.5. The number of amides is 2. The molecule has 2 amide bonds. The van der Waals surface area contributed by atoms with Crippen molar-refractivity contribution in [1.82, 2.24) is 10.2 Å². The molecule has 2 aliphatic heterocycles. The molecule has 1 aromatic rings. The highest BCUT2D eigenvalue weighted by Crippen LogP contribution is 2.45. The summed E-state index contributed by atoms with van der Waals surface area (Å²) in [7, 11) is 1.57. The lowest BCUT2D eigenvalue weighted by molar-refractivity contribution is -0.128. The van der Waals surface area contributed by atoms with Crippen molar-refractivity contribution in [2.24, 2.45) is 0 Å². The zero-order valence-corrected chi connectivity index (χ0v) is 18.5. The molecule has 28 heavy (non-hydrogen) atoms. The van der Waals surface area contributed by atoms with E-state index in [-0.39, 0.29) is 22.1 Å². The third kappa shape index (κ3) is 3.34. The monoisotopic (exact) mass is 399 g/mol. The molecule has 1 aromatic carbocycles.